The Balaban J connectivity index is -0.000000579. The van der Waals surface area contributed by atoms with E-state index in [9.17, 15) is 0 Å². The molecule has 0 unspecified atom stereocenters. The van der Waals surface area contributed by atoms with Gasteiger partial charge in [0.2, 0.25) is 0 Å². The van der Waals surface area contributed by atoms with Crippen LogP contribution < -0.4 is 0 Å². The van der Waals surface area contributed by atoms with E-state index in [1.807, 2.05) is 27.7 Å². The molecule has 0 aromatic carbocycles. The molecule has 0 amide bonds. The van der Waals surface area contributed by atoms with Gasteiger partial charge in [-0.05, 0) is 24.3 Å². The average molecular weight is 260 g/mol. The number of allylic oxidation sites excluding steroid dienone is 8. The van der Waals surface area contributed by atoms with Crippen LogP contribution in [-0.2, 0) is 4.74 Å². The highest BCUT2D eigenvalue weighted by atomic mass is 16.5. The second-order valence-electron chi connectivity index (χ2n) is 2.51. The van der Waals surface area contributed by atoms with Crippen molar-refractivity contribution in [3.8, 4) is 0 Å². The molecule has 0 bridgehead atoms. The Labute approximate surface area is 119 Å². The summed E-state index contributed by atoms with van der Waals surface area (Å²) in [5.74, 6) is 1.30. The lowest BCUT2D eigenvalue weighted by molar-refractivity contribution is 0.336. The standard InChI is InChI=1S/C14H16O.2C2H6/c1-5-9-12-14(11-7-3)15-13(8-4)10-6-2;2*1-2/h5-12H,1-4H2;2*1-2H3/b12-9-,13-10+,14-11+;;. The Hall–Kier alpha value is -2.02. The van der Waals surface area contributed by atoms with Crippen molar-refractivity contribution in [2.45, 2.75) is 27.7 Å². The van der Waals surface area contributed by atoms with Crippen LogP contribution in [0.5, 0.6) is 0 Å². The first-order valence-corrected chi connectivity index (χ1v) is 6.53. The van der Waals surface area contributed by atoms with Gasteiger partial charge in [-0.1, -0.05) is 78.3 Å². The summed E-state index contributed by atoms with van der Waals surface area (Å²) in [6.45, 7) is 22.4. The van der Waals surface area contributed by atoms with Gasteiger partial charge in [-0.3, -0.25) is 0 Å². The van der Waals surface area contributed by atoms with Gasteiger partial charge in [-0.25, -0.2) is 0 Å². The molecule has 0 saturated heterocycles. The highest BCUT2D eigenvalue weighted by Crippen LogP contribution is 2.09. The molecule has 0 aliphatic heterocycles. The highest BCUT2D eigenvalue weighted by molar-refractivity contribution is 5.25. The molecular weight excluding hydrogens is 232 g/mol. The van der Waals surface area contributed by atoms with E-state index in [0.29, 0.717) is 11.5 Å². The second-order valence-corrected chi connectivity index (χ2v) is 2.51. The molecule has 106 valence electrons. The summed E-state index contributed by atoms with van der Waals surface area (Å²) >= 11 is 0. The fourth-order valence-electron chi connectivity index (χ4n) is 0.799. The first kappa shape index (κ1) is 22.2. The Morgan fingerprint density at radius 2 is 1.21 bits per heavy atom. The molecule has 0 fully saturated rings. The summed E-state index contributed by atoms with van der Waals surface area (Å²) in [5, 5.41) is 0. The molecule has 0 spiro atoms. The third-order valence-electron chi connectivity index (χ3n) is 1.40. The zero-order valence-corrected chi connectivity index (χ0v) is 12.9. The van der Waals surface area contributed by atoms with E-state index in [4.69, 9.17) is 4.74 Å². The molecule has 1 nitrogen and oxygen atoms in total. The van der Waals surface area contributed by atoms with Crippen LogP contribution in [0.25, 0.3) is 0 Å². The van der Waals surface area contributed by atoms with Gasteiger partial charge in [0.25, 0.3) is 0 Å². The molecule has 0 aliphatic rings. The molecule has 0 aliphatic carbocycles. The average Bonchev–Trinajstić information content (AvgIpc) is 2.48. The topological polar surface area (TPSA) is 9.23 Å². The summed E-state index contributed by atoms with van der Waals surface area (Å²) in [7, 11) is 0. The van der Waals surface area contributed by atoms with Crippen molar-refractivity contribution in [1.29, 1.82) is 0 Å². The lowest BCUT2D eigenvalue weighted by Gasteiger charge is -2.05. The summed E-state index contributed by atoms with van der Waals surface area (Å²) in [5.41, 5.74) is 0. The van der Waals surface area contributed by atoms with Crippen LogP contribution in [0.2, 0.25) is 0 Å². The van der Waals surface area contributed by atoms with Gasteiger partial charge in [0.1, 0.15) is 11.5 Å². The maximum absolute atomic E-state index is 5.51. The van der Waals surface area contributed by atoms with E-state index in [-0.39, 0.29) is 0 Å². The Morgan fingerprint density at radius 1 is 0.737 bits per heavy atom. The molecule has 0 aromatic heterocycles. The number of hydrogen-bond donors (Lipinski definition) is 0. The molecular formula is C18H28O. The maximum Gasteiger partial charge on any atom is 0.127 e. The van der Waals surface area contributed by atoms with E-state index >= 15 is 0 Å². The van der Waals surface area contributed by atoms with Gasteiger partial charge in [0.05, 0.1) is 0 Å². The monoisotopic (exact) mass is 260 g/mol. The SMILES string of the molecule is C=C/C=C\C(=C/C=C)O/C(C=C)=C/C=C.CC.CC. The Bertz CT molecular complexity index is 328. The van der Waals surface area contributed by atoms with E-state index in [1.54, 1.807) is 48.6 Å². The van der Waals surface area contributed by atoms with Crippen molar-refractivity contribution < 1.29 is 4.74 Å². The predicted molar refractivity (Wildman–Crippen MR) is 89.9 cm³/mol. The van der Waals surface area contributed by atoms with Crippen LogP contribution >= 0.6 is 0 Å². The van der Waals surface area contributed by atoms with Crippen molar-refractivity contribution in [3.05, 3.63) is 86.4 Å². The molecule has 0 aromatic rings. The van der Waals surface area contributed by atoms with Crippen molar-refractivity contribution in [1.82, 2.24) is 0 Å². The molecule has 0 heterocycles. The van der Waals surface area contributed by atoms with Crippen LogP contribution in [0.3, 0.4) is 0 Å². The van der Waals surface area contributed by atoms with Crippen LogP contribution in [0, 0.1) is 0 Å². The van der Waals surface area contributed by atoms with E-state index in [2.05, 4.69) is 26.3 Å². The van der Waals surface area contributed by atoms with Crippen molar-refractivity contribution in [2.75, 3.05) is 0 Å². The Kier molecular flexibility index (Phi) is 24.9. The second kappa shape index (κ2) is 21.3. The third kappa shape index (κ3) is 16.0. The maximum atomic E-state index is 5.51. The molecule has 0 rings (SSSR count). The zero-order valence-electron chi connectivity index (χ0n) is 12.9. The van der Waals surface area contributed by atoms with Crippen LogP contribution in [0.4, 0.5) is 0 Å². The quantitative estimate of drug-likeness (QED) is 0.395. The zero-order chi connectivity index (χ0) is 15.5. The fraction of sp³-hybridized carbons (Fsp3) is 0.222. The molecule has 0 N–H and O–H groups in total. The lowest BCUT2D eigenvalue weighted by Crippen LogP contribution is -1.87. The predicted octanol–water partition coefficient (Wildman–Crippen LogP) is 6.12. The largest absolute Gasteiger partial charge is 0.457 e. The van der Waals surface area contributed by atoms with Gasteiger partial charge < -0.3 is 4.74 Å². The molecule has 0 radical (unpaired) electrons. The fourth-order valence-corrected chi connectivity index (χ4v) is 0.799. The van der Waals surface area contributed by atoms with Gasteiger partial charge in [0.15, 0.2) is 0 Å². The van der Waals surface area contributed by atoms with Crippen molar-refractivity contribution >= 4 is 0 Å². The smallest absolute Gasteiger partial charge is 0.127 e. The minimum Gasteiger partial charge on any atom is -0.457 e. The summed E-state index contributed by atoms with van der Waals surface area (Å²) < 4.78 is 5.51. The molecule has 19 heavy (non-hydrogen) atoms. The number of hydrogen-bond acceptors (Lipinski definition) is 1. The summed E-state index contributed by atoms with van der Waals surface area (Å²) in [4.78, 5) is 0. The molecule has 0 atom stereocenters. The van der Waals surface area contributed by atoms with E-state index in [1.165, 1.54) is 0 Å². The Morgan fingerprint density at radius 3 is 1.58 bits per heavy atom. The third-order valence-corrected chi connectivity index (χ3v) is 1.40. The van der Waals surface area contributed by atoms with Crippen LogP contribution in [-0.4, -0.2) is 0 Å². The van der Waals surface area contributed by atoms with E-state index < -0.39 is 0 Å². The first-order valence-electron chi connectivity index (χ1n) is 6.53. The van der Waals surface area contributed by atoms with Gasteiger partial charge in [0, 0.05) is 0 Å². The minimum atomic E-state index is 0.631. The highest BCUT2D eigenvalue weighted by Gasteiger charge is 1.94. The normalized spacial score (nSPS) is 10.3. The number of ether oxygens (including phenoxy) is 1. The minimum absolute atomic E-state index is 0.631. The van der Waals surface area contributed by atoms with Crippen LogP contribution in [0.1, 0.15) is 27.7 Å². The lowest BCUT2D eigenvalue weighted by atomic mass is 10.3. The van der Waals surface area contributed by atoms with Crippen molar-refractivity contribution in [3.63, 3.8) is 0 Å². The van der Waals surface area contributed by atoms with Crippen LogP contribution in [0.15, 0.2) is 86.4 Å². The number of rotatable bonds is 7. The summed E-state index contributed by atoms with van der Waals surface area (Å²) in [6, 6.07) is 0. The van der Waals surface area contributed by atoms with Gasteiger partial charge in [-0.15, -0.1) is 0 Å². The first-order chi connectivity index (χ1) is 9.28. The van der Waals surface area contributed by atoms with Gasteiger partial charge in [-0.2, -0.15) is 0 Å². The molecule has 1 heteroatoms. The summed E-state index contributed by atoms with van der Waals surface area (Å²) in [6.07, 6.45) is 13.6. The van der Waals surface area contributed by atoms with Gasteiger partial charge >= 0.3 is 0 Å². The van der Waals surface area contributed by atoms with Crippen molar-refractivity contribution in [2.24, 2.45) is 0 Å². The van der Waals surface area contributed by atoms with E-state index in [0.717, 1.165) is 0 Å². The molecule has 0 saturated carbocycles.